The topological polar surface area (TPSA) is 114 Å². The number of aryl methyl sites for hydroxylation is 1. The summed E-state index contributed by atoms with van der Waals surface area (Å²) in [7, 11) is 0. The lowest BCUT2D eigenvalue weighted by Gasteiger charge is -2.44. The lowest BCUT2D eigenvalue weighted by atomic mass is 9.88. The molecule has 0 N–H and O–H groups in total. The van der Waals surface area contributed by atoms with E-state index in [9.17, 15) is 23.6 Å². The van der Waals surface area contributed by atoms with Gasteiger partial charge in [-0.2, -0.15) is 0 Å². The number of carbonyl (C=O) groups excluding carboxylic acids is 4. The van der Waals surface area contributed by atoms with Crippen LogP contribution >= 0.6 is 11.3 Å². The fourth-order valence-corrected chi connectivity index (χ4v) is 6.08. The van der Waals surface area contributed by atoms with E-state index in [1.165, 1.54) is 45.1 Å². The second-order valence-corrected chi connectivity index (χ2v) is 11.4. The molecule has 43 heavy (non-hydrogen) atoms. The van der Waals surface area contributed by atoms with Gasteiger partial charge in [0.05, 0.1) is 0 Å². The first-order chi connectivity index (χ1) is 20.4. The lowest BCUT2D eigenvalue weighted by molar-refractivity contribution is -0.254. The summed E-state index contributed by atoms with van der Waals surface area (Å²) in [6, 6.07) is 16.0. The monoisotopic (exact) mass is 612 g/mol. The summed E-state index contributed by atoms with van der Waals surface area (Å²) in [5.41, 5.74) is 3.05. The van der Waals surface area contributed by atoms with Gasteiger partial charge in [-0.1, -0.05) is 36.4 Å². The van der Waals surface area contributed by atoms with Gasteiger partial charge in [0, 0.05) is 49.4 Å². The van der Waals surface area contributed by atoms with E-state index >= 15 is 0 Å². The third-order valence-corrected chi connectivity index (χ3v) is 7.98. The fraction of sp³-hybridized carbons (Fsp3) is 0.375. The van der Waals surface area contributed by atoms with Gasteiger partial charge in [0.25, 0.3) is 0 Å². The zero-order chi connectivity index (χ0) is 31.3. The maximum Gasteiger partial charge on any atom is 0.303 e. The number of benzene rings is 2. The van der Waals surface area contributed by atoms with Gasteiger partial charge in [-0.05, 0) is 41.8 Å². The molecule has 0 amide bonds. The number of carbonyl (C=O) groups is 4. The largest absolute Gasteiger partial charge is 0.463 e. The van der Waals surface area contributed by atoms with E-state index in [0.717, 1.165) is 20.9 Å². The van der Waals surface area contributed by atoms with Crippen LogP contribution in [0.1, 0.15) is 55.4 Å². The van der Waals surface area contributed by atoms with E-state index in [4.69, 9.17) is 23.7 Å². The molecule has 228 valence electrons. The van der Waals surface area contributed by atoms with Crippen LogP contribution in [-0.4, -0.2) is 54.9 Å². The number of rotatable bonds is 9. The van der Waals surface area contributed by atoms with Crippen LogP contribution in [0.3, 0.4) is 0 Å². The van der Waals surface area contributed by atoms with Crippen LogP contribution < -0.4 is 0 Å². The Morgan fingerprint density at radius 1 is 0.814 bits per heavy atom. The SMILES string of the molecule is CC(=O)OCC1OC(c2ccc(C)c(Cc3ccc(-c4ccccc4F)s3)c2)C(OC(C)=O)C(OC(C)=O)C1OC(C)=O. The minimum absolute atomic E-state index is 0.294. The first-order valence-corrected chi connectivity index (χ1v) is 14.5. The Kier molecular flexibility index (Phi) is 10.3. The van der Waals surface area contributed by atoms with Crippen molar-refractivity contribution in [2.75, 3.05) is 6.61 Å². The Morgan fingerprint density at radius 2 is 1.47 bits per heavy atom. The Bertz CT molecular complexity index is 1500. The molecule has 1 aromatic heterocycles. The molecule has 1 aliphatic rings. The number of halogens is 1. The van der Waals surface area contributed by atoms with Gasteiger partial charge in [0.1, 0.15) is 24.6 Å². The molecule has 5 atom stereocenters. The van der Waals surface area contributed by atoms with Gasteiger partial charge >= 0.3 is 23.9 Å². The van der Waals surface area contributed by atoms with Crippen LogP contribution in [0.25, 0.3) is 10.4 Å². The molecular formula is C32H33FO9S. The molecule has 2 heterocycles. The Balaban J connectivity index is 1.71. The predicted octanol–water partition coefficient (Wildman–Crippen LogP) is 5.25. The van der Waals surface area contributed by atoms with E-state index in [-0.39, 0.29) is 12.4 Å². The normalized spacial score (nSPS) is 21.5. The van der Waals surface area contributed by atoms with E-state index in [1.807, 2.05) is 31.2 Å². The van der Waals surface area contributed by atoms with Gasteiger partial charge < -0.3 is 23.7 Å². The third kappa shape index (κ3) is 8.05. The highest BCUT2D eigenvalue weighted by Crippen LogP contribution is 2.39. The van der Waals surface area contributed by atoms with Crippen molar-refractivity contribution in [2.24, 2.45) is 0 Å². The van der Waals surface area contributed by atoms with E-state index in [1.54, 1.807) is 24.3 Å². The maximum atomic E-state index is 14.4. The minimum atomic E-state index is -1.25. The van der Waals surface area contributed by atoms with Crippen molar-refractivity contribution in [3.05, 3.63) is 82.0 Å². The average molecular weight is 613 g/mol. The van der Waals surface area contributed by atoms with E-state index in [0.29, 0.717) is 17.5 Å². The summed E-state index contributed by atoms with van der Waals surface area (Å²) in [5, 5.41) is 0. The summed E-state index contributed by atoms with van der Waals surface area (Å²) >= 11 is 1.48. The van der Waals surface area contributed by atoms with Crippen molar-refractivity contribution in [1.82, 2.24) is 0 Å². The summed E-state index contributed by atoms with van der Waals surface area (Å²) in [6.45, 7) is 6.44. The van der Waals surface area contributed by atoms with Crippen molar-refractivity contribution >= 4 is 35.2 Å². The van der Waals surface area contributed by atoms with E-state index in [2.05, 4.69) is 0 Å². The molecule has 1 aliphatic heterocycles. The molecule has 4 rings (SSSR count). The molecule has 1 fully saturated rings. The average Bonchev–Trinajstić information content (AvgIpc) is 3.39. The summed E-state index contributed by atoms with van der Waals surface area (Å²) in [4.78, 5) is 49.9. The number of thiophene rings is 1. The van der Waals surface area contributed by atoms with Gasteiger partial charge in [-0.3, -0.25) is 19.2 Å². The molecule has 0 bridgehead atoms. The van der Waals surface area contributed by atoms with Gasteiger partial charge in [0.15, 0.2) is 18.3 Å². The van der Waals surface area contributed by atoms with Gasteiger partial charge in [-0.15, -0.1) is 11.3 Å². The Morgan fingerprint density at radius 3 is 2.12 bits per heavy atom. The molecule has 2 aromatic carbocycles. The first-order valence-electron chi connectivity index (χ1n) is 13.7. The molecule has 0 spiro atoms. The summed E-state index contributed by atoms with van der Waals surface area (Å²) < 4.78 is 42.5. The molecule has 3 aromatic rings. The Labute approximate surface area is 252 Å². The van der Waals surface area contributed by atoms with Crippen LogP contribution in [0.15, 0.2) is 54.6 Å². The van der Waals surface area contributed by atoms with Crippen LogP contribution in [0.5, 0.6) is 0 Å². The maximum absolute atomic E-state index is 14.4. The number of hydrogen-bond acceptors (Lipinski definition) is 10. The molecule has 11 heteroatoms. The van der Waals surface area contributed by atoms with Crippen molar-refractivity contribution < 1.29 is 47.3 Å². The highest BCUT2D eigenvalue weighted by atomic mass is 32.1. The van der Waals surface area contributed by atoms with Crippen molar-refractivity contribution in [3.63, 3.8) is 0 Å². The molecule has 9 nitrogen and oxygen atoms in total. The van der Waals surface area contributed by atoms with Crippen LogP contribution in [0.4, 0.5) is 4.39 Å². The second-order valence-electron chi connectivity index (χ2n) is 10.2. The smallest absolute Gasteiger partial charge is 0.303 e. The first kappa shape index (κ1) is 31.8. The quantitative estimate of drug-likeness (QED) is 0.236. The highest BCUT2D eigenvalue weighted by Gasteiger charge is 2.52. The lowest BCUT2D eigenvalue weighted by Crippen LogP contribution is -2.59. The second kappa shape index (κ2) is 13.9. The molecule has 0 saturated carbocycles. The van der Waals surface area contributed by atoms with Crippen molar-refractivity contribution in [3.8, 4) is 10.4 Å². The van der Waals surface area contributed by atoms with E-state index < -0.39 is 54.4 Å². The molecule has 5 unspecified atom stereocenters. The number of ether oxygens (including phenoxy) is 5. The van der Waals surface area contributed by atoms with Crippen molar-refractivity contribution in [1.29, 1.82) is 0 Å². The van der Waals surface area contributed by atoms with Crippen LogP contribution in [0.2, 0.25) is 0 Å². The molecule has 0 aliphatic carbocycles. The van der Waals surface area contributed by atoms with Crippen LogP contribution in [-0.2, 0) is 49.3 Å². The van der Waals surface area contributed by atoms with Gasteiger partial charge in [-0.25, -0.2) is 4.39 Å². The van der Waals surface area contributed by atoms with Crippen LogP contribution in [0, 0.1) is 12.7 Å². The number of hydrogen-bond donors (Lipinski definition) is 0. The minimum Gasteiger partial charge on any atom is -0.463 e. The fourth-order valence-electron chi connectivity index (χ4n) is 5.02. The zero-order valence-corrected chi connectivity index (χ0v) is 25.3. The predicted molar refractivity (Wildman–Crippen MR) is 155 cm³/mol. The zero-order valence-electron chi connectivity index (χ0n) is 24.5. The Hall–Kier alpha value is -4.09. The molecule has 1 saturated heterocycles. The molecule has 0 radical (unpaired) electrons. The third-order valence-electron chi connectivity index (χ3n) is 6.86. The number of esters is 4. The highest BCUT2D eigenvalue weighted by molar-refractivity contribution is 7.15. The summed E-state index contributed by atoms with van der Waals surface area (Å²) in [6.07, 6.45) is -5.16. The van der Waals surface area contributed by atoms with Gasteiger partial charge in [0.2, 0.25) is 0 Å². The molecular weight excluding hydrogens is 579 g/mol. The summed E-state index contributed by atoms with van der Waals surface area (Å²) in [5.74, 6) is -2.93. The standard InChI is InChI=1S/C32H33FO9S/c1-17-10-11-22(14-23(17)15-24-12-13-28(43-24)25-8-6-7-9-26(25)33)29-31(40-20(4)36)32(41-21(5)37)30(39-19(3)35)27(42-29)16-38-18(2)34/h6-14,27,29-32H,15-16H2,1-5H3. The van der Waals surface area contributed by atoms with Crippen molar-refractivity contribution in [2.45, 2.75) is 71.6 Å².